The van der Waals surface area contributed by atoms with Crippen LogP contribution >= 0.6 is 0 Å². The highest BCUT2D eigenvalue weighted by Gasteiger charge is 2.18. The smallest absolute Gasteiger partial charge is 0.301 e. The van der Waals surface area contributed by atoms with E-state index in [9.17, 15) is 4.79 Å². The van der Waals surface area contributed by atoms with Crippen molar-refractivity contribution in [3.05, 3.63) is 76.6 Å². The van der Waals surface area contributed by atoms with Crippen molar-refractivity contribution in [3.8, 4) is 11.4 Å². The number of fused-ring (bicyclic) bond motifs is 2. The Morgan fingerprint density at radius 1 is 1.04 bits per heavy atom. The van der Waals surface area contributed by atoms with Crippen LogP contribution in [0.25, 0.3) is 28.3 Å². The number of pyridine rings is 1. The minimum atomic E-state index is -0.255. The Hall–Kier alpha value is -3.81. The average molecular weight is 371 g/mol. The summed E-state index contributed by atoms with van der Waals surface area (Å²) >= 11 is 0. The lowest BCUT2D eigenvalue weighted by Crippen LogP contribution is -2.19. The molecule has 138 valence electrons. The van der Waals surface area contributed by atoms with E-state index >= 15 is 0 Å². The lowest BCUT2D eigenvalue weighted by molar-refractivity contribution is 0.756. The summed E-state index contributed by atoms with van der Waals surface area (Å²) in [5, 5.41) is 4.46. The van der Waals surface area contributed by atoms with Crippen molar-refractivity contribution in [2.75, 3.05) is 0 Å². The Morgan fingerprint density at radius 3 is 2.57 bits per heavy atom. The quantitative estimate of drug-likeness (QED) is 0.524. The average Bonchev–Trinajstić information content (AvgIpc) is 3.35. The summed E-state index contributed by atoms with van der Waals surface area (Å²) in [4.78, 5) is 29.5. The molecule has 0 atom stereocenters. The van der Waals surface area contributed by atoms with E-state index in [1.807, 2.05) is 54.0 Å². The Labute approximate surface area is 159 Å². The Kier molecular flexibility index (Phi) is 3.75. The summed E-state index contributed by atoms with van der Waals surface area (Å²) in [6.07, 6.45) is 3.95. The van der Waals surface area contributed by atoms with Gasteiger partial charge in [-0.15, -0.1) is 5.10 Å². The number of nitrogens with one attached hydrogen (secondary N) is 1. The maximum absolute atomic E-state index is 13.0. The van der Waals surface area contributed by atoms with Gasteiger partial charge < -0.3 is 4.98 Å². The number of nitrogens with zero attached hydrogens (tertiary/aromatic N) is 6. The number of aryl methyl sites for hydroxylation is 1. The molecular weight excluding hydrogens is 354 g/mol. The van der Waals surface area contributed by atoms with Crippen LogP contribution in [0.5, 0.6) is 0 Å². The number of imidazole rings is 1. The predicted octanol–water partition coefficient (Wildman–Crippen LogP) is 2.44. The second-order valence-electron chi connectivity index (χ2n) is 6.47. The zero-order valence-corrected chi connectivity index (χ0v) is 15.2. The SMILES string of the molecule is CCn1c2nc(-c3ccncc3)[nH]c2c(=O)n2nc(Cc3ccccc3)nc12. The molecule has 1 aromatic carbocycles. The molecule has 0 saturated heterocycles. The molecule has 0 spiro atoms. The van der Waals surface area contributed by atoms with Gasteiger partial charge in [-0.3, -0.25) is 14.3 Å². The van der Waals surface area contributed by atoms with Crippen LogP contribution in [0, 0.1) is 0 Å². The van der Waals surface area contributed by atoms with Crippen molar-refractivity contribution in [1.29, 1.82) is 0 Å². The Bertz CT molecular complexity index is 1330. The monoisotopic (exact) mass is 371 g/mol. The van der Waals surface area contributed by atoms with Crippen molar-refractivity contribution in [2.45, 2.75) is 19.9 Å². The molecule has 5 aromatic rings. The van der Waals surface area contributed by atoms with E-state index in [1.54, 1.807) is 12.4 Å². The van der Waals surface area contributed by atoms with Gasteiger partial charge in [-0.05, 0) is 24.6 Å². The minimum absolute atomic E-state index is 0.255. The van der Waals surface area contributed by atoms with Gasteiger partial charge in [-0.25, -0.2) is 4.98 Å². The van der Waals surface area contributed by atoms with Gasteiger partial charge in [0.25, 0.3) is 0 Å². The predicted molar refractivity (Wildman–Crippen MR) is 105 cm³/mol. The van der Waals surface area contributed by atoms with Crippen molar-refractivity contribution in [1.82, 2.24) is 34.1 Å². The van der Waals surface area contributed by atoms with Crippen molar-refractivity contribution in [2.24, 2.45) is 0 Å². The molecule has 8 heteroatoms. The van der Waals surface area contributed by atoms with Crippen LogP contribution < -0.4 is 5.56 Å². The molecule has 0 aliphatic heterocycles. The molecular formula is C20H17N7O. The first-order valence-corrected chi connectivity index (χ1v) is 9.07. The van der Waals surface area contributed by atoms with Gasteiger partial charge in [-0.1, -0.05) is 30.3 Å². The summed E-state index contributed by atoms with van der Waals surface area (Å²) in [5.41, 5.74) is 2.69. The third-order valence-corrected chi connectivity index (χ3v) is 4.70. The summed E-state index contributed by atoms with van der Waals surface area (Å²) in [5.74, 6) is 1.72. The van der Waals surface area contributed by atoms with Gasteiger partial charge in [0, 0.05) is 30.9 Å². The van der Waals surface area contributed by atoms with E-state index in [1.165, 1.54) is 4.52 Å². The van der Waals surface area contributed by atoms with Crippen LogP contribution in [0.2, 0.25) is 0 Å². The van der Waals surface area contributed by atoms with E-state index in [0.29, 0.717) is 41.6 Å². The number of rotatable bonds is 4. The van der Waals surface area contributed by atoms with Gasteiger partial charge in [0.15, 0.2) is 17.0 Å². The number of aromatic amines is 1. The maximum Gasteiger partial charge on any atom is 0.301 e. The van der Waals surface area contributed by atoms with Crippen LogP contribution in [0.1, 0.15) is 18.3 Å². The largest absolute Gasteiger partial charge is 0.332 e. The molecule has 0 bridgehead atoms. The molecule has 1 N–H and O–H groups in total. The van der Waals surface area contributed by atoms with Crippen molar-refractivity contribution >= 4 is 16.9 Å². The second kappa shape index (κ2) is 6.41. The van der Waals surface area contributed by atoms with Gasteiger partial charge >= 0.3 is 5.56 Å². The molecule has 0 amide bonds. The fourth-order valence-corrected chi connectivity index (χ4v) is 3.36. The highest BCUT2D eigenvalue weighted by molar-refractivity contribution is 5.77. The zero-order chi connectivity index (χ0) is 19.1. The van der Waals surface area contributed by atoms with E-state index in [-0.39, 0.29) is 5.56 Å². The number of hydrogen-bond acceptors (Lipinski definition) is 5. The number of H-pyrrole nitrogens is 1. The molecule has 0 unspecified atom stereocenters. The van der Waals surface area contributed by atoms with Crippen LogP contribution in [0.4, 0.5) is 0 Å². The highest BCUT2D eigenvalue weighted by Crippen LogP contribution is 2.19. The van der Waals surface area contributed by atoms with Gasteiger partial charge in [0.05, 0.1) is 0 Å². The summed E-state index contributed by atoms with van der Waals surface area (Å²) in [6.45, 7) is 2.61. The first kappa shape index (κ1) is 16.4. The third-order valence-electron chi connectivity index (χ3n) is 4.70. The topological polar surface area (TPSA) is 93.8 Å². The minimum Gasteiger partial charge on any atom is -0.332 e. The van der Waals surface area contributed by atoms with Crippen LogP contribution in [0.15, 0.2) is 59.7 Å². The maximum atomic E-state index is 13.0. The van der Waals surface area contributed by atoms with E-state index in [0.717, 1.165) is 11.1 Å². The lowest BCUT2D eigenvalue weighted by Gasteiger charge is -2.04. The standard InChI is InChI=1S/C20H17N7O/c1-2-26-18-16(23-17(24-18)14-8-10-21-11-9-14)19(28)27-20(26)22-15(25-27)12-13-6-4-3-5-7-13/h3-11H,2,12H2,1H3,(H,23,24). The van der Waals surface area contributed by atoms with Crippen molar-refractivity contribution < 1.29 is 0 Å². The molecule has 0 radical (unpaired) electrons. The Balaban J connectivity index is 1.70. The molecule has 0 aliphatic carbocycles. The number of benzene rings is 1. The van der Waals surface area contributed by atoms with Gasteiger partial charge in [0.1, 0.15) is 5.82 Å². The van der Waals surface area contributed by atoms with E-state index < -0.39 is 0 Å². The molecule has 5 rings (SSSR count). The molecule has 4 aromatic heterocycles. The summed E-state index contributed by atoms with van der Waals surface area (Å²) in [6, 6.07) is 13.7. The molecule has 4 heterocycles. The fourth-order valence-electron chi connectivity index (χ4n) is 3.36. The number of aromatic nitrogens is 7. The van der Waals surface area contributed by atoms with Crippen LogP contribution in [-0.2, 0) is 13.0 Å². The Morgan fingerprint density at radius 2 is 1.82 bits per heavy atom. The first-order chi connectivity index (χ1) is 13.7. The lowest BCUT2D eigenvalue weighted by atomic mass is 10.1. The van der Waals surface area contributed by atoms with Crippen LogP contribution in [-0.4, -0.2) is 34.1 Å². The summed E-state index contributed by atoms with van der Waals surface area (Å²) in [7, 11) is 0. The number of hydrogen-bond donors (Lipinski definition) is 1. The molecule has 28 heavy (non-hydrogen) atoms. The molecule has 8 nitrogen and oxygen atoms in total. The fraction of sp³-hybridized carbons (Fsp3) is 0.150. The molecule has 0 fully saturated rings. The third kappa shape index (κ3) is 2.58. The normalized spacial score (nSPS) is 11.5. The van der Waals surface area contributed by atoms with E-state index in [2.05, 4.69) is 25.0 Å². The molecule has 0 aliphatic rings. The molecule has 0 saturated carbocycles. The van der Waals surface area contributed by atoms with Gasteiger partial charge in [-0.2, -0.15) is 9.50 Å². The van der Waals surface area contributed by atoms with Crippen LogP contribution in [0.3, 0.4) is 0 Å². The van der Waals surface area contributed by atoms with E-state index in [4.69, 9.17) is 0 Å². The first-order valence-electron chi connectivity index (χ1n) is 9.07. The van der Waals surface area contributed by atoms with Gasteiger partial charge in [0.2, 0.25) is 5.78 Å². The zero-order valence-electron chi connectivity index (χ0n) is 15.2. The highest BCUT2D eigenvalue weighted by atomic mass is 16.1. The summed E-state index contributed by atoms with van der Waals surface area (Å²) < 4.78 is 3.26. The second-order valence-corrected chi connectivity index (χ2v) is 6.47. The van der Waals surface area contributed by atoms with Crippen molar-refractivity contribution in [3.63, 3.8) is 0 Å².